The van der Waals surface area contributed by atoms with Gasteiger partial charge in [0.05, 0.1) is 13.7 Å². The van der Waals surface area contributed by atoms with Crippen molar-refractivity contribution in [1.29, 1.82) is 0 Å². The van der Waals surface area contributed by atoms with E-state index in [0.29, 0.717) is 31.4 Å². The standard InChI is InChI=1S/C19H24N4O3/c1-25-19-18(20-9-10-21-19)22-16-7-11-23(12-8-16)17(24)14-26-13-15-5-3-2-4-6-15/h2-6,9-10,16H,7-8,11-14H2,1H3,(H,20,22). The Morgan fingerprint density at radius 3 is 2.65 bits per heavy atom. The minimum atomic E-state index is 0.0384. The maximum atomic E-state index is 12.3. The lowest BCUT2D eigenvalue weighted by Gasteiger charge is -2.32. The molecule has 7 heteroatoms. The number of nitrogens with one attached hydrogen (secondary N) is 1. The number of hydrogen-bond donors (Lipinski definition) is 1. The summed E-state index contributed by atoms with van der Waals surface area (Å²) in [5.41, 5.74) is 1.07. The van der Waals surface area contributed by atoms with Crippen LogP contribution in [-0.2, 0) is 16.1 Å². The molecule has 1 fully saturated rings. The Hall–Kier alpha value is -2.67. The van der Waals surface area contributed by atoms with Crippen LogP contribution < -0.4 is 10.1 Å². The molecule has 138 valence electrons. The second-order valence-electron chi connectivity index (χ2n) is 6.19. The van der Waals surface area contributed by atoms with Gasteiger partial charge in [0.2, 0.25) is 5.91 Å². The smallest absolute Gasteiger partial charge is 0.257 e. The van der Waals surface area contributed by atoms with E-state index in [1.54, 1.807) is 19.5 Å². The van der Waals surface area contributed by atoms with Crippen molar-refractivity contribution in [2.45, 2.75) is 25.5 Å². The Bertz CT molecular complexity index is 703. The fourth-order valence-electron chi connectivity index (χ4n) is 2.96. The Morgan fingerprint density at radius 1 is 1.19 bits per heavy atom. The van der Waals surface area contributed by atoms with Gasteiger partial charge in [0.15, 0.2) is 5.82 Å². The zero-order chi connectivity index (χ0) is 18.2. The van der Waals surface area contributed by atoms with Gasteiger partial charge in [-0.3, -0.25) is 4.79 Å². The van der Waals surface area contributed by atoms with Crippen LogP contribution in [0.1, 0.15) is 18.4 Å². The molecule has 1 aliphatic heterocycles. The first-order chi connectivity index (χ1) is 12.8. The highest BCUT2D eigenvalue weighted by atomic mass is 16.5. The number of carbonyl (C=O) groups excluding carboxylic acids is 1. The minimum absolute atomic E-state index is 0.0384. The highest BCUT2D eigenvalue weighted by molar-refractivity contribution is 5.77. The molecular formula is C19H24N4O3. The number of likely N-dealkylation sites (tertiary alicyclic amines) is 1. The number of ether oxygens (including phenoxy) is 2. The molecule has 0 atom stereocenters. The van der Waals surface area contributed by atoms with Gasteiger partial charge in [-0.15, -0.1) is 0 Å². The number of piperidine rings is 1. The zero-order valence-corrected chi connectivity index (χ0v) is 14.9. The largest absolute Gasteiger partial charge is 0.478 e. The van der Waals surface area contributed by atoms with Gasteiger partial charge in [-0.2, -0.15) is 0 Å². The van der Waals surface area contributed by atoms with Crippen molar-refractivity contribution in [3.05, 3.63) is 48.3 Å². The van der Waals surface area contributed by atoms with Gasteiger partial charge in [-0.1, -0.05) is 30.3 Å². The van der Waals surface area contributed by atoms with Crippen LogP contribution in [0.4, 0.5) is 5.82 Å². The first-order valence-electron chi connectivity index (χ1n) is 8.77. The molecule has 0 bridgehead atoms. The van der Waals surface area contributed by atoms with Crippen LogP contribution in [0.25, 0.3) is 0 Å². The van der Waals surface area contributed by atoms with Crippen molar-refractivity contribution < 1.29 is 14.3 Å². The minimum Gasteiger partial charge on any atom is -0.478 e. The highest BCUT2D eigenvalue weighted by Gasteiger charge is 2.23. The number of anilines is 1. The van der Waals surface area contributed by atoms with Crippen molar-refractivity contribution in [2.24, 2.45) is 0 Å². The topological polar surface area (TPSA) is 76.6 Å². The predicted molar refractivity (Wildman–Crippen MR) is 97.9 cm³/mol. The van der Waals surface area contributed by atoms with E-state index in [1.807, 2.05) is 35.2 Å². The molecule has 0 unspecified atom stereocenters. The fourth-order valence-corrected chi connectivity index (χ4v) is 2.96. The second-order valence-corrected chi connectivity index (χ2v) is 6.19. The van der Waals surface area contributed by atoms with Crippen LogP contribution in [0.15, 0.2) is 42.7 Å². The molecule has 26 heavy (non-hydrogen) atoms. The van der Waals surface area contributed by atoms with Crippen molar-refractivity contribution in [3.63, 3.8) is 0 Å². The van der Waals surface area contributed by atoms with E-state index in [9.17, 15) is 4.79 Å². The third kappa shape index (κ3) is 4.92. The summed E-state index contributed by atoms with van der Waals surface area (Å²) in [5, 5.41) is 3.36. The Kier molecular flexibility index (Phi) is 6.38. The summed E-state index contributed by atoms with van der Waals surface area (Å²) in [4.78, 5) is 22.6. The van der Waals surface area contributed by atoms with E-state index in [2.05, 4.69) is 15.3 Å². The first-order valence-corrected chi connectivity index (χ1v) is 8.77. The first kappa shape index (κ1) is 18.1. The molecule has 0 spiro atoms. The van der Waals surface area contributed by atoms with E-state index in [0.717, 1.165) is 18.4 Å². The lowest BCUT2D eigenvalue weighted by Crippen LogP contribution is -2.43. The van der Waals surface area contributed by atoms with Crippen LogP contribution in [0.2, 0.25) is 0 Å². The monoisotopic (exact) mass is 356 g/mol. The maximum Gasteiger partial charge on any atom is 0.257 e. The van der Waals surface area contributed by atoms with Crippen molar-refractivity contribution in [3.8, 4) is 5.88 Å². The SMILES string of the molecule is COc1nccnc1NC1CCN(C(=O)COCc2ccccc2)CC1. The number of amides is 1. The van der Waals surface area contributed by atoms with Gasteiger partial charge >= 0.3 is 0 Å². The number of nitrogens with zero attached hydrogens (tertiary/aromatic N) is 3. The lowest BCUT2D eigenvalue weighted by molar-refractivity contribution is -0.137. The van der Waals surface area contributed by atoms with Crippen LogP contribution in [0.3, 0.4) is 0 Å². The lowest BCUT2D eigenvalue weighted by atomic mass is 10.1. The molecule has 0 aliphatic carbocycles. The fraction of sp³-hybridized carbons (Fsp3) is 0.421. The normalized spacial score (nSPS) is 14.9. The zero-order valence-electron chi connectivity index (χ0n) is 14.9. The molecule has 7 nitrogen and oxygen atoms in total. The third-order valence-corrected chi connectivity index (χ3v) is 4.38. The quantitative estimate of drug-likeness (QED) is 0.819. The Balaban J connectivity index is 1.41. The van der Waals surface area contributed by atoms with Crippen molar-refractivity contribution >= 4 is 11.7 Å². The maximum absolute atomic E-state index is 12.3. The molecule has 1 amide bonds. The number of benzene rings is 1. The van der Waals surface area contributed by atoms with E-state index in [1.165, 1.54) is 0 Å². The average Bonchev–Trinajstić information content (AvgIpc) is 2.70. The highest BCUT2D eigenvalue weighted by Crippen LogP contribution is 2.21. The molecular weight excluding hydrogens is 332 g/mol. The molecule has 3 rings (SSSR count). The van der Waals surface area contributed by atoms with Gasteiger partial charge in [0.1, 0.15) is 6.61 Å². The Morgan fingerprint density at radius 2 is 1.92 bits per heavy atom. The second kappa shape index (κ2) is 9.15. The van der Waals surface area contributed by atoms with E-state index in [-0.39, 0.29) is 18.6 Å². The molecule has 1 N–H and O–H groups in total. The summed E-state index contributed by atoms with van der Waals surface area (Å²) in [6.45, 7) is 1.98. The van der Waals surface area contributed by atoms with Gasteiger partial charge in [0, 0.05) is 31.5 Å². The number of carbonyl (C=O) groups is 1. The molecule has 1 saturated heterocycles. The third-order valence-electron chi connectivity index (χ3n) is 4.38. The molecule has 0 saturated carbocycles. The summed E-state index contributed by atoms with van der Waals surface area (Å²) < 4.78 is 10.8. The Labute approximate surface area is 153 Å². The molecule has 2 aromatic rings. The molecule has 1 aromatic heterocycles. The molecule has 2 heterocycles. The van der Waals surface area contributed by atoms with Gasteiger partial charge in [-0.25, -0.2) is 9.97 Å². The molecule has 1 aromatic carbocycles. The van der Waals surface area contributed by atoms with Gasteiger partial charge in [-0.05, 0) is 18.4 Å². The molecule has 0 radical (unpaired) electrons. The van der Waals surface area contributed by atoms with E-state index in [4.69, 9.17) is 9.47 Å². The van der Waals surface area contributed by atoms with Gasteiger partial charge < -0.3 is 19.7 Å². The number of methoxy groups -OCH3 is 1. The summed E-state index contributed by atoms with van der Waals surface area (Å²) in [7, 11) is 1.58. The molecule has 1 aliphatic rings. The van der Waals surface area contributed by atoms with Crippen molar-refractivity contribution in [2.75, 3.05) is 32.1 Å². The number of hydrogen-bond acceptors (Lipinski definition) is 6. The summed E-state index contributed by atoms with van der Waals surface area (Å²) in [5.74, 6) is 1.17. The number of aromatic nitrogens is 2. The van der Waals surface area contributed by atoms with Gasteiger partial charge in [0.25, 0.3) is 5.88 Å². The van der Waals surface area contributed by atoms with E-state index < -0.39 is 0 Å². The summed E-state index contributed by atoms with van der Waals surface area (Å²) in [6.07, 6.45) is 4.93. The summed E-state index contributed by atoms with van der Waals surface area (Å²) >= 11 is 0. The average molecular weight is 356 g/mol. The van der Waals surface area contributed by atoms with Crippen LogP contribution in [0.5, 0.6) is 5.88 Å². The summed E-state index contributed by atoms with van der Waals surface area (Å²) in [6, 6.07) is 10.1. The van der Waals surface area contributed by atoms with Crippen LogP contribution >= 0.6 is 0 Å². The van der Waals surface area contributed by atoms with Crippen molar-refractivity contribution in [1.82, 2.24) is 14.9 Å². The predicted octanol–water partition coefficient (Wildman–Crippen LogP) is 2.10. The van der Waals surface area contributed by atoms with Crippen LogP contribution in [0, 0.1) is 0 Å². The van der Waals surface area contributed by atoms with Crippen LogP contribution in [-0.4, -0.2) is 53.6 Å². The van der Waals surface area contributed by atoms with E-state index >= 15 is 0 Å². The number of rotatable bonds is 7.